The van der Waals surface area contributed by atoms with Gasteiger partial charge in [-0.15, -0.1) is 0 Å². The number of hydrogen-bond donors (Lipinski definition) is 2. The van der Waals surface area contributed by atoms with E-state index in [1.54, 1.807) is 55.6 Å². The number of rotatable bonds is 6. The van der Waals surface area contributed by atoms with Crippen molar-refractivity contribution in [2.75, 3.05) is 12.0 Å². The number of anilines is 1. The average Bonchev–Trinajstić information content (AvgIpc) is 3.41. The van der Waals surface area contributed by atoms with E-state index in [1.165, 1.54) is 4.90 Å². The number of ketones is 1. The molecule has 3 aromatic carbocycles. The zero-order chi connectivity index (χ0) is 27.1. The van der Waals surface area contributed by atoms with Crippen LogP contribution in [0.25, 0.3) is 16.8 Å². The zero-order valence-electron chi connectivity index (χ0n) is 21.9. The van der Waals surface area contributed by atoms with E-state index in [0.29, 0.717) is 28.1 Å². The van der Waals surface area contributed by atoms with Crippen LogP contribution in [0, 0.1) is 13.8 Å². The topological polar surface area (TPSA) is 105 Å². The molecule has 8 heteroatoms. The lowest BCUT2D eigenvalue weighted by Gasteiger charge is -2.23. The molecule has 4 aromatic rings. The predicted molar refractivity (Wildman–Crippen MR) is 146 cm³/mol. The minimum Gasteiger partial charge on any atom is -0.507 e. The summed E-state index contributed by atoms with van der Waals surface area (Å²) in [5.41, 5.74) is 4.51. The number of benzene rings is 3. The van der Waals surface area contributed by atoms with E-state index in [4.69, 9.17) is 9.47 Å². The maximum atomic E-state index is 13.5. The lowest BCUT2D eigenvalue weighted by molar-refractivity contribution is -0.132. The van der Waals surface area contributed by atoms with Crippen LogP contribution in [-0.2, 0) is 9.59 Å². The summed E-state index contributed by atoms with van der Waals surface area (Å²) < 4.78 is 11.1. The highest BCUT2D eigenvalue weighted by Crippen LogP contribution is 2.42. The maximum Gasteiger partial charge on any atom is 0.302 e. The number of aryl methyl sites for hydroxylation is 2. The zero-order valence-corrected chi connectivity index (χ0v) is 21.9. The van der Waals surface area contributed by atoms with Crippen LogP contribution in [0.1, 0.15) is 42.1 Å². The molecule has 1 atom stereocenters. The third kappa shape index (κ3) is 4.38. The first-order valence-electron chi connectivity index (χ1n) is 12.4. The number of aromatic nitrogens is 2. The van der Waals surface area contributed by atoms with Crippen molar-refractivity contribution < 1.29 is 24.2 Å². The van der Waals surface area contributed by atoms with E-state index in [-0.39, 0.29) is 23.4 Å². The molecule has 1 aromatic heterocycles. The molecule has 1 amide bonds. The van der Waals surface area contributed by atoms with E-state index in [9.17, 15) is 14.7 Å². The van der Waals surface area contributed by atoms with Gasteiger partial charge in [0.1, 0.15) is 17.3 Å². The number of fused-ring (bicyclic) bond motifs is 1. The van der Waals surface area contributed by atoms with Gasteiger partial charge in [-0.25, -0.2) is 4.98 Å². The second-order valence-corrected chi connectivity index (χ2v) is 9.65. The van der Waals surface area contributed by atoms with Gasteiger partial charge in [0, 0.05) is 5.56 Å². The van der Waals surface area contributed by atoms with Crippen LogP contribution < -0.4 is 14.4 Å². The monoisotopic (exact) mass is 511 g/mol. The van der Waals surface area contributed by atoms with Crippen molar-refractivity contribution in [1.29, 1.82) is 0 Å². The van der Waals surface area contributed by atoms with Crippen molar-refractivity contribution >= 4 is 34.4 Å². The number of carbonyl (C=O) groups is 2. The van der Waals surface area contributed by atoms with E-state index in [0.717, 1.165) is 16.6 Å². The first kappa shape index (κ1) is 25.1. The molecule has 0 radical (unpaired) electrons. The van der Waals surface area contributed by atoms with Gasteiger partial charge in [-0.05, 0) is 92.9 Å². The number of Topliss-reactive ketones (excluding diaryl/α,β-unsaturated/α-hetero) is 1. The van der Waals surface area contributed by atoms with E-state index < -0.39 is 17.7 Å². The molecule has 1 aliphatic heterocycles. The van der Waals surface area contributed by atoms with Crippen LogP contribution in [0.2, 0.25) is 0 Å². The second-order valence-electron chi connectivity index (χ2n) is 9.65. The van der Waals surface area contributed by atoms with Gasteiger partial charge >= 0.3 is 5.91 Å². The molecule has 1 aliphatic rings. The van der Waals surface area contributed by atoms with Crippen molar-refractivity contribution in [3.8, 4) is 11.5 Å². The van der Waals surface area contributed by atoms with Gasteiger partial charge in [-0.3, -0.25) is 14.5 Å². The Bertz CT molecular complexity index is 1540. The van der Waals surface area contributed by atoms with Crippen LogP contribution in [0.5, 0.6) is 11.5 Å². The number of hydrogen-bond acceptors (Lipinski definition) is 6. The Labute approximate surface area is 220 Å². The molecule has 38 heavy (non-hydrogen) atoms. The molecule has 5 rings (SSSR count). The molecule has 1 unspecified atom stereocenters. The van der Waals surface area contributed by atoms with Crippen molar-refractivity contribution in [1.82, 2.24) is 9.97 Å². The summed E-state index contributed by atoms with van der Waals surface area (Å²) in [6, 6.07) is 16.8. The number of nitrogens with zero attached hydrogens (tertiary/aromatic N) is 2. The number of amides is 1. The average molecular weight is 512 g/mol. The van der Waals surface area contributed by atoms with Crippen LogP contribution in [-0.4, -0.2) is 40.0 Å². The highest BCUT2D eigenvalue weighted by Gasteiger charge is 2.48. The fourth-order valence-corrected chi connectivity index (χ4v) is 4.67. The summed E-state index contributed by atoms with van der Waals surface area (Å²) in [6.07, 6.45) is -0.00998. The van der Waals surface area contributed by atoms with E-state index >= 15 is 0 Å². The van der Waals surface area contributed by atoms with Gasteiger partial charge in [0.25, 0.3) is 5.78 Å². The molecule has 2 heterocycles. The number of aromatic amines is 1. The quantitative estimate of drug-likeness (QED) is 0.198. The number of methoxy groups -OCH3 is 1. The number of nitrogens with one attached hydrogen (secondary N) is 1. The Morgan fingerprint density at radius 2 is 1.71 bits per heavy atom. The van der Waals surface area contributed by atoms with Crippen LogP contribution in [0.4, 0.5) is 5.95 Å². The Hall–Kier alpha value is -4.59. The number of carbonyl (C=O) groups excluding carboxylic acids is 2. The van der Waals surface area contributed by atoms with Crippen molar-refractivity contribution in [3.05, 3.63) is 88.5 Å². The van der Waals surface area contributed by atoms with Crippen molar-refractivity contribution in [2.45, 2.75) is 39.8 Å². The Kier molecular flexibility index (Phi) is 6.40. The minimum atomic E-state index is -0.931. The van der Waals surface area contributed by atoms with Gasteiger partial charge in [-0.2, -0.15) is 0 Å². The largest absolute Gasteiger partial charge is 0.507 e. The Morgan fingerprint density at radius 3 is 2.39 bits per heavy atom. The van der Waals surface area contributed by atoms with Crippen LogP contribution in [0.15, 0.2) is 66.2 Å². The maximum absolute atomic E-state index is 13.5. The van der Waals surface area contributed by atoms with Gasteiger partial charge < -0.3 is 19.6 Å². The third-order valence-electron chi connectivity index (χ3n) is 6.67. The molecule has 0 spiro atoms. The van der Waals surface area contributed by atoms with Gasteiger partial charge in [0.15, 0.2) is 0 Å². The Balaban J connectivity index is 1.68. The second kappa shape index (κ2) is 9.70. The number of aliphatic hydroxyl groups is 1. The first-order valence-corrected chi connectivity index (χ1v) is 12.4. The third-order valence-corrected chi connectivity index (χ3v) is 6.67. The van der Waals surface area contributed by atoms with Crippen molar-refractivity contribution in [3.63, 3.8) is 0 Å². The Morgan fingerprint density at radius 1 is 1.00 bits per heavy atom. The summed E-state index contributed by atoms with van der Waals surface area (Å²) in [5.74, 6) is -0.456. The number of aliphatic hydroxyl groups excluding tert-OH is 1. The molecule has 1 saturated heterocycles. The summed E-state index contributed by atoms with van der Waals surface area (Å²) >= 11 is 0. The normalized spacial score (nSPS) is 17.0. The fraction of sp³-hybridized carbons (Fsp3) is 0.233. The van der Waals surface area contributed by atoms with Gasteiger partial charge in [-0.1, -0.05) is 12.1 Å². The summed E-state index contributed by atoms with van der Waals surface area (Å²) in [6.45, 7) is 7.83. The van der Waals surface area contributed by atoms with Gasteiger partial charge in [0.05, 0.1) is 35.9 Å². The van der Waals surface area contributed by atoms with Gasteiger partial charge in [0.2, 0.25) is 5.95 Å². The smallest absolute Gasteiger partial charge is 0.302 e. The molecule has 194 valence electrons. The molecule has 0 aliphatic carbocycles. The molecule has 0 saturated carbocycles. The molecular formula is C30H29N3O5. The lowest BCUT2D eigenvalue weighted by Crippen LogP contribution is -2.30. The molecule has 1 fully saturated rings. The number of H-pyrrole nitrogens is 1. The fourth-order valence-electron chi connectivity index (χ4n) is 4.67. The molecular weight excluding hydrogens is 482 g/mol. The first-order chi connectivity index (χ1) is 18.2. The standard InChI is InChI=1S/C30H29N3O5/c1-16(2)38-21-11-9-19(10-12-21)27(34)25-26(20-7-6-8-22(15-20)37-5)33(29(36)28(25)35)30-31-23-13-17(3)18(4)14-24(23)32-30/h6-16,26,34H,1-5H3,(H,31,32)/b27-25+. The van der Waals surface area contributed by atoms with Crippen LogP contribution in [0.3, 0.4) is 0 Å². The SMILES string of the molecule is COc1cccc(C2/C(=C(\O)c3ccc(OC(C)C)cc3)C(=O)C(=O)N2c2nc3cc(C)c(C)cc3[nH]2)c1. The predicted octanol–water partition coefficient (Wildman–Crippen LogP) is 5.60. The number of imidazole rings is 1. The van der Waals surface area contributed by atoms with Crippen LogP contribution >= 0.6 is 0 Å². The summed E-state index contributed by atoms with van der Waals surface area (Å²) in [4.78, 5) is 36.1. The number of ether oxygens (including phenoxy) is 2. The molecule has 0 bridgehead atoms. The van der Waals surface area contributed by atoms with E-state index in [1.807, 2.05) is 39.8 Å². The summed E-state index contributed by atoms with van der Waals surface area (Å²) in [5, 5.41) is 11.4. The highest BCUT2D eigenvalue weighted by molar-refractivity contribution is 6.51. The van der Waals surface area contributed by atoms with E-state index in [2.05, 4.69) is 9.97 Å². The highest BCUT2D eigenvalue weighted by atomic mass is 16.5. The lowest BCUT2D eigenvalue weighted by atomic mass is 9.95. The summed E-state index contributed by atoms with van der Waals surface area (Å²) in [7, 11) is 1.54. The van der Waals surface area contributed by atoms with Crippen molar-refractivity contribution in [2.24, 2.45) is 0 Å². The molecule has 2 N–H and O–H groups in total. The minimum absolute atomic E-state index is 0.00998. The molecule has 8 nitrogen and oxygen atoms in total.